The Hall–Kier alpha value is -2.19. The van der Waals surface area contributed by atoms with E-state index in [2.05, 4.69) is 5.32 Å². The fourth-order valence-corrected chi connectivity index (χ4v) is 4.10. The average Bonchev–Trinajstić information content (AvgIpc) is 2.71. The second kappa shape index (κ2) is 10.5. The monoisotopic (exact) mass is 422 g/mol. The molecule has 29 heavy (non-hydrogen) atoms. The molecule has 1 fully saturated rings. The summed E-state index contributed by atoms with van der Waals surface area (Å²) in [6.07, 6.45) is 2.31. The minimum absolute atomic E-state index is 0.00131. The van der Waals surface area contributed by atoms with E-state index in [9.17, 15) is 18.0 Å². The van der Waals surface area contributed by atoms with Gasteiger partial charge in [-0.3, -0.25) is 9.59 Å². The average molecular weight is 423 g/mol. The number of hydrogen-bond donors (Lipinski definition) is 1. The van der Waals surface area contributed by atoms with Crippen LogP contribution in [0.1, 0.15) is 39.2 Å². The number of hydrogen-bond acceptors (Lipinski definition) is 5. The minimum Gasteiger partial charge on any atom is -0.455 e. The van der Waals surface area contributed by atoms with Crippen LogP contribution in [0.3, 0.4) is 0 Å². The van der Waals surface area contributed by atoms with Crippen LogP contribution in [-0.4, -0.2) is 50.3 Å². The van der Waals surface area contributed by atoms with Gasteiger partial charge in [0.1, 0.15) is 0 Å². The first-order chi connectivity index (χ1) is 13.7. The van der Waals surface area contributed by atoms with Crippen molar-refractivity contribution in [3.8, 4) is 0 Å². The van der Waals surface area contributed by atoms with Gasteiger partial charge in [-0.15, -0.1) is 0 Å². The highest BCUT2D eigenvalue weighted by Gasteiger charge is 2.31. The Morgan fingerprint density at radius 3 is 2.38 bits per heavy atom. The molecule has 1 aliphatic rings. The molecule has 1 saturated heterocycles. The summed E-state index contributed by atoms with van der Waals surface area (Å²) in [5.41, 5.74) is 0.805. The number of rotatable bonds is 8. The van der Waals surface area contributed by atoms with Gasteiger partial charge in [0.25, 0.3) is 5.91 Å². The van der Waals surface area contributed by atoms with Gasteiger partial charge in [0.2, 0.25) is 10.0 Å². The molecule has 2 rings (SSSR count). The molecule has 0 bridgehead atoms. The summed E-state index contributed by atoms with van der Waals surface area (Å²) in [6.45, 7) is 6.07. The van der Waals surface area contributed by atoms with Crippen LogP contribution < -0.4 is 5.32 Å². The fraction of sp³-hybridized carbons (Fsp3) is 0.524. The maximum absolute atomic E-state index is 12.5. The van der Waals surface area contributed by atoms with E-state index in [-0.39, 0.29) is 37.6 Å². The molecule has 1 N–H and O–H groups in total. The third kappa shape index (κ3) is 7.29. The molecule has 160 valence electrons. The molecule has 1 amide bonds. The molecule has 0 spiro atoms. The summed E-state index contributed by atoms with van der Waals surface area (Å²) in [4.78, 5) is 24.0. The van der Waals surface area contributed by atoms with Crippen molar-refractivity contribution in [1.29, 1.82) is 0 Å². The topological polar surface area (TPSA) is 92.8 Å². The largest absolute Gasteiger partial charge is 0.455 e. The normalized spacial score (nSPS) is 17.4. The number of nitrogens with one attached hydrogen (secondary N) is 1. The van der Waals surface area contributed by atoms with E-state index < -0.39 is 21.9 Å². The first-order valence-electron chi connectivity index (χ1n) is 9.88. The van der Waals surface area contributed by atoms with Crippen molar-refractivity contribution in [1.82, 2.24) is 9.62 Å². The number of ether oxygens (including phenoxy) is 1. The third-order valence-electron chi connectivity index (χ3n) is 5.11. The van der Waals surface area contributed by atoms with E-state index >= 15 is 0 Å². The summed E-state index contributed by atoms with van der Waals surface area (Å²) in [5.74, 6) is -0.883. The second-order valence-electron chi connectivity index (χ2n) is 7.64. The lowest BCUT2D eigenvalue weighted by Gasteiger charge is -2.29. The van der Waals surface area contributed by atoms with Gasteiger partial charge in [0.15, 0.2) is 6.61 Å². The van der Waals surface area contributed by atoms with Crippen molar-refractivity contribution in [3.05, 3.63) is 41.3 Å². The van der Waals surface area contributed by atoms with E-state index in [1.165, 1.54) is 9.71 Å². The molecule has 1 atom stereocenters. The minimum atomic E-state index is -3.54. The molecule has 0 radical (unpaired) electrons. The number of carbonyl (C=O) groups is 2. The van der Waals surface area contributed by atoms with Crippen molar-refractivity contribution < 1.29 is 22.7 Å². The Balaban J connectivity index is 1.79. The number of benzene rings is 1. The third-order valence-corrected chi connectivity index (χ3v) is 6.68. The molecule has 0 unspecified atom stereocenters. The summed E-state index contributed by atoms with van der Waals surface area (Å²) in [7, 11) is -3.54. The SMILES string of the molecule is CC(C)[C@@H](C)NC(=O)COC(=O)C1CCN(S(=O)(=O)/C=C/c2ccccc2)CC1. The zero-order chi connectivity index (χ0) is 21.4. The number of amides is 1. The maximum Gasteiger partial charge on any atom is 0.309 e. The Morgan fingerprint density at radius 2 is 1.79 bits per heavy atom. The Kier molecular flexibility index (Phi) is 8.40. The van der Waals surface area contributed by atoms with E-state index in [0.717, 1.165) is 5.56 Å². The Bertz CT molecular complexity index is 813. The van der Waals surface area contributed by atoms with E-state index in [4.69, 9.17) is 4.74 Å². The smallest absolute Gasteiger partial charge is 0.309 e. The molecule has 1 heterocycles. The van der Waals surface area contributed by atoms with Crippen LogP contribution in [0.5, 0.6) is 0 Å². The first kappa shape index (κ1) is 23.1. The lowest BCUT2D eigenvalue weighted by Crippen LogP contribution is -2.41. The van der Waals surface area contributed by atoms with Crippen molar-refractivity contribution >= 4 is 28.0 Å². The Morgan fingerprint density at radius 1 is 1.17 bits per heavy atom. The van der Waals surface area contributed by atoms with Gasteiger partial charge < -0.3 is 10.1 Å². The van der Waals surface area contributed by atoms with Crippen LogP contribution in [0.15, 0.2) is 35.7 Å². The van der Waals surface area contributed by atoms with Crippen molar-refractivity contribution in [2.24, 2.45) is 11.8 Å². The number of esters is 1. The van der Waals surface area contributed by atoms with Gasteiger partial charge in [0.05, 0.1) is 5.92 Å². The van der Waals surface area contributed by atoms with Crippen molar-refractivity contribution in [2.75, 3.05) is 19.7 Å². The molecule has 1 aliphatic heterocycles. The van der Waals surface area contributed by atoms with Gasteiger partial charge in [-0.25, -0.2) is 8.42 Å². The van der Waals surface area contributed by atoms with Gasteiger partial charge >= 0.3 is 5.97 Å². The van der Waals surface area contributed by atoms with Crippen LogP contribution >= 0.6 is 0 Å². The molecule has 0 saturated carbocycles. The number of carbonyl (C=O) groups excluding carboxylic acids is 2. The molecular weight excluding hydrogens is 392 g/mol. The van der Waals surface area contributed by atoms with Crippen LogP contribution in [0.4, 0.5) is 0 Å². The highest BCUT2D eigenvalue weighted by Crippen LogP contribution is 2.22. The van der Waals surface area contributed by atoms with E-state index in [1.54, 1.807) is 6.08 Å². The standard InChI is InChI=1S/C21H30N2O5S/c1-16(2)17(3)22-20(24)15-28-21(25)19-9-12-23(13-10-19)29(26,27)14-11-18-7-5-4-6-8-18/h4-8,11,14,16-17,19H,9-10,12-13,15H2,1-3H3,(H,22,24)/b14-11+/t17-/m1/s1. The fourth-order valence-electron chi connectivity index (χ4n) is 2.88. The van der Waals surface area contributed by atoms with Gasteiger partial charge in [0, 0.05) is 24.5 Å². The highest BCUT2D eigenvalue weighted by atomic mass is 32.2. The van der Waals surface area contributed by atoms with Crippen LogP contribution in [0.25, 0.3) is 6.08 Å². The van der Waals surface area contributed by atoms with Crippen LogP contribution in [0.2, 0.25) is 0 Å². The highest BCUT2D eigenvalue weighted by molar-refractivity contribution is 7.92. The van der Waals surface area contributed by atoms with E-state index in [0.29, 0.717) is 12.8 Å². The second-order valence-corrected chi connectivity index (χ2v) is 9.46. The predicted octanol–water partition coefficient (Wildman–Crippen LogP) is 2.40. The summed E-state index contributed by atoms with van der Waals surface area (Å²) < 4.78 is 31.4. The first-order valence-corrected chi connectivity index (χ1v) is 11.4. The zero-order valence-corrected chi connectivity index (χ0v) is 18.0. The number of sulfonamides is 1. The van der Waals surface area contributed by atoms with Crippen LogP contribution in [0, 0.1) is 11.8 Å². The molecule has 1 aromatic rings. The predicted molar refractivity (Wildman–Crippen MR) is 112 cm³/mol. The molecule has 0 aromatic heterocycles. The van der Waals surface area contributed by atoms with Crippen molar-refractivity contribution in [2.45, 2.75) is 39.7 Å². The molecule has 0 aliphatic carbocycles. The van der Waals surface area contributed by atoms with Crippen molar-refractivity contribution in [3.63, 3.8) is 0 Å². The zero-order valence-electron chi connectivity index (χ0n) is 17.2. The Labute approximate surface area is 173 Å². The molecule has 7 nitrogen and oxygen atoms in total. The van der Waals surface area contributed by atoms with Gasteiger partial charge in [-0.05, 0) is 37.3 Å². The number of nitrogens with zero attached hydrogens (tertiary/aromatic N) is 1. The lowest BCUT2D eigenvalue weighted by molar-refractivity contribution is -0.153. The summed E-state index contributed by atoms with van der Waals surface area (Å²) in [6, 6.07) is 9.20. The maximum atomic E-state index is 12.5. The van der Waals surface area contributed by atoms with E-state index in [1.807, 2.05) is 51.1 Å². The van der Waals surface area contributed by atoms with Gasteiger partial charge in [-0.1, -0.05) is 44.2 Å². The lowest BCUT2D eigenvalue weighted by atomic mass is 9.98. The molecule has 1 aromatic carbocycles. The molecular formula is C21H30N2O5S. The summed E-state index contributed by atoms with van der Waals surface area (Å²) in [5, 5.41) is 3.98. The number of piperidine rings is 1. The summed E-state index contributed by atoms with van der Waals surface area (Å²) >= 11 is 0. The molecule has 8 heteroatoms. The van der Waals surface area contributed by atoms with Crippen LogP contribution in [-0.2, 0) is 24.3 Å². The quantitative estimate of drug-likeness (QED) is 0.650. The van der Waals surface area contributed by atoms with Gasteiger partial charge in [-0.2, -0.15) is 4.31 Å².